The first-order chi connectivity index (χ1) is 10.1. The van der Waals surface area contributed by atoms with Gasteiger partial charge in [-0.05, 0) is 43.4 Å². The molecular formula is C18H27NO2. The van der Waals surface area contributed by atoms with Crippen LogP contribution in [0.25, 0.3) is 0 Å². The van der Waals surface area contributed by atoms with E-state index in [1.165, 1.54) is 5.56 Å². The highest BCUT2D eigenvalue weighted by molar-refractivity contribution is 5.89. The number of rotatable bonds is 8. The average Bonchev–Trinajstić information content (AvgIpc) is 3.27. The Hall–Kier alpha value is -1.35. The molecule has 2 rings (SSSR count). The Morgan fingerprint density at radius 3 is 2.52 bits per heavy atom. The number of methoxy groups -OCH3 is 1. The smallest absolute Gasteiger partial charge is 0.153 e. The summed E-state index contributed by atoms with van der Waals surface area (Å²) in [5.74, 6) is 1.85. The fourth-order valence-electron chi connectivity index (χ4n) is 3.32. The molecule has 3 heteroatoms. The summed E-state index contributed by atoms with van der Waals surface area (Å²) in [6.07, 6.45) is 3.17. The van der Waals surface area contributed by atoms with Gasteiger partial charge in [0, 0.05) is 11.5 Å². The Morgan fingerprint density at radius 2 is 2.05 bits per heavy atom. The van der Waals surface area contributed by atoms with Gasteiger partial charge in [-0.15, -0.1) is 0 Å². The summed E-state index contributed by atoms with van der Waals surface area (Å²) in [6.45, 7) is 6.89. The lowest BCUT2D eigenvalue weighted by Crippen LogP contribution is -2.32. The monoisotopic (exact) mass is 289 g/mol. The van der Waals surface area contributed by atoms with Gasteiger partial charge in [0.15, 0.2) is 5.78 Å². The predicted octanol–water partition coefficient (Wildman–Crippen LogP) is 3.74. The number of carbonyl (C=O) groups is 1. The quantitative estimate of drug-likeness (QED) is 0.792. The van der Waals surface area contributed by atoms with Crippen molar-refractivity contribution in [1.29, 1.82) is 0 Å². The van der Waals surface area contributed by atoms with Crippen molar-refractivity contribution in [2.24, 2.45) is 11.3 Å². The summed E-state index contributed by atoms with van der Waals surface area (Å²) in [5, 5.41) is 3.37. The molecule has 1 N–H and O–H groups in total. The minimum Gasteiger partial charge on any atom is -0.497 e. The maximum atomic E-state index is 12.5. The molecule has 0 radical (unpaired) electrons. The highest BCUT2D eigenvalue weighted by Crippen LogP contribution is 2.57. The molecular weight excluding hydrogens is 262 g/mol. The molecule has 21 heavy (non-hydrogen) atoms. The fourth-order valence-corrected chi connectivity index (χ4v) is 3.32. The van der Waals surface area contributed by atoms with Crippen molar-refractivity contribution in [3.63, 3.8) is 0 Å². The van der Waals surface area contributed by atoms with Crippen LogP contribution in [0.3, 0.4) is 0 Å². The van der Waals surface area contributed by atoms with Crippen LogP contribution in [0.2, 0.25) is 0 Å². The second-order valence-corrected chi connectivity index (χ2v) is 6.12. The molecule has 3 nitrogen and oxygen atoms in total. The lowest BCUT2D eigenvalue weighted by molar-refractivity contribution is -0.124. The Bertz CT molecular complexity index is 482. The van der Waals surface area contributed by atoms with Crippen molar-refractivity contribution in [2.75, 3.05) is 13.7 Å². The van der Waals surface area contributed by atoms with E-state index in [0.717, 1.165) is 25.0 Å². The molecule has 1 aromatic rings. The van der Waals surface area contributed by atoms with Gasteiger partial charge in [-0.2, -0.15) is 0 Å². The first-order valence-electron chi connectivity index (χ1n) is 7.98. The van der Waals surface area contributed by atoms with E-state index >= 15 is 0 Å². The molecule has 0 aliphatic heterocycles. The van der Waals surface area contributed by atoms with Crippen molar-refractivity contribution in [3.8, 4) is 5.75 Å². The van der Waals surface area contributed by atoms with Gasteiger partial charge in [0.05, 0.1) is 13.7 Å². The number of hydrogen-bond acceptors (Lipinski definition) is 3. The highest BCUT2D eigenvalue weighted by Gasteiger charge is 2.56. The minimum absolute atomic E-state index is 0.0264. The zero-order chi connectivity index (χ0) is 15.5. The van der Waals surface area contributed by atoms with Gasteiger partial charge in [0.1, 0.15) is 5.75 Å². The number of hydrogen-bond donors (Lipinski definition) is 1. The molecule has 3 atom stereocenters. The SMILES string of the molecule is CCC1C[C@@]1(CC)C(=O)CNC(C)c1ccc(OC)cc1. The van der Waals surface area contributed by atoms with Crippen LogP contribution in [0.5, 0.6) is 5.75 Å². The molecule has 1 saturated carbocycles. The van der Waals surface area contributed by atoms with Crippen LogP contribution in [-0.2, 0) is 4.79 Å². The molecule has 0 spiro atoms. The fraction of sp³-hybridized carbons (Fsp3) is 0.611. The molecule has 0 bridgehead atoms. The van der Waals surface area contributed by atoms with Gasteiger partial charge >= 0.3 is 0 Å². The Labute approximate surface area is 128 Å². The van der Waals surface area contributed by atoms with Crippen molar-refractivity contribution < 1.29 is 9.53 Å². The number of ether oxygens (including phenoxy) is 1. The van der Waals surface area contributed by atoms with Crippen molar-refractivity contribution >= 4 is 5.78 Å². The highest BCUT2D eigenvalue weighted by atomic mass is 16.5. The second-order valence-electron chi connectivity index (χ2n) is 6.12. The third-order valence-corrected chi connectivity index (χ3v) is 5.10. The van der Waals surface area contributed by atoms with Gasteiger partial charge in [-0.1, -0.05) is 32.4 Å². The number of Topliss-reactive ketones (excluding diaryl/α,β-unsaturated/α-hetero) is 1. The normalized spacial score (nSPS) is 25.4. The third kappa shape index (κ3) is 3.29. The lowest BCUT2D eigenvalue weighted by atomic mass is 9.93. The predicted molar refractivity (Wildman–Crippen MR) is 85.5 cm³/mol. The van der Waals surface area contributed by atoms with Gasteiger partial charge < -0.3 is 10.1 Å². The van der Waals surface area contributed by atoms with Crippen LogP contribution >= 0.6 is 0 Å². The summed E-state index contributed by atoms with van der Waals surface area (Å²) < 4.78 is 5.16. The van der Waals surface area contributed by atoms with E-state index in [0.29, 0.717) is 18.2 Å². The molecule has 1 aromatic carbocycles. The average molecular weight is 289 g/mol. The Balaban J connectivity index is 1.88. The standard InChI is InChI=1S/C18H27NO2/c1-5-15-11-18(15,6-2)17(20)12-19-13(3)14-7-9-16(21-4)10-8-14/h7-10,13,15,19H,5-6,11-12H2,1-4H3/t13?,15?,18-/m1/s1. The van der Waals surface area contributed by atoms with Gasteiger partial charge in [-0.25, -0.2) is 0 Å². The van der Waals surface area contributed by atoms with E-state index in [9.17, 15) is 4.79 Å². The molecule has 1 aliphatic rings. The minimum atomic E-state index is -0.0264. The van der Waals surface area contributed by atoms with Gasteiger partial charge in [-0.3, -0.25) is 4.79 Å². The van der Waals surface area contributed by atoms with Gasteiger partial charge in [0.25, 0.3) is 0 Å². The van der Waals surface area contributed by atoms with Crippen molar-refractivity contribution in [3.05, 3.63) is 29.8 Å². The van der Waals surface area contributed by atoms with E-state index < -0.39 is 0 Å². The molecule has 116 valence electrons. The van der Waals surface area contributed by atoms with E-state index in [1.807, 2.05) is 24.3 Å². The van der Waals surface area contributed by atoms with E-state index in [-0.39, 0.29) is 11.5 Å². The molecule has 0 heterocycles. The summed E-state index contributed by atoms with van der Waals surface area (Å²) in [5.41, 5.74) is 1.15. The van der Waals surface area contributed by atoms with E-state index in [1.54, 1.807) is 7.11 Å². The van der Waals surface area contributed by atoms with Crippen LogP contribution in [-0.4, -0.2) is 19.4 Å². The van der Waals surface area contributed by atoms with Crippen LogP contribution in [0, 0.1) is 11.3 Å². The second kappa shape index (κ2) is 6.61. The van der Waals surface area contributed by atoms with Crippen molar-refractivity contribution in [2.45, 2.75) is 46.1 Å². The summed E-state index contributed by atoms with van der Waals surface area (Å²) in [4.78, 5) is 12.5. The number of carbonyl (C=O) groups excluding carboxylic acids is 1. The maximum Gasteiger partial charge on any atom is 0.153 e. The third-order valence-electron chi connectivity index (χ3n) is 5.10. The summed E-state index contributed by atoms with van der Waals surface area (Å²) in [7, 11) is 1.67. The van der Waals surface area contributed by atoms with Crippen LogP contribution < -0.4 is 10.1 Å². The molecule has 2 unspecified atom stereocenters. The first-order valence-corrected chi connectivity index (χ1v) is 7.98. The summed E-state index contributed by atoms with van der Waals surface area (Å²) in [6, 6.07) is 8.17. The maximum absolute atomic E-state index is 12.5. The zero-order valence-electron chi connectivity index (χ0n) is 13.6. The van der Waals surface area contributed by atoms with Crippen LogP contribution in [0.4, 0.5) is 0 Å². The largest absolute Gasteiger partial charge is 0.497 e. The molecule has 1 fully saturated rings. The Kier molecular flexibility index (Phi) is 5.04. The van der Waals surface area contributed by atoms with Crippen molar-refractivity contribution in [1.82, 2.24) is 5.32 Å². The Morgan fingerprint density at radius 1 is 1.38 bits per heavy atom. The van der Waals surface area contributed by atoms with Gasteiger partial charge in [0.2, 0.25) is 0 Å². The van der Waals surface area contributed by atoms with Crippen LogP contribution in [0.15, 0.2) is 24.3 Å². The molecule has 1 aliphatic carbocycles. The number of ketones is 1. The first kappa shape index (κ1) is 16.0. The number of benzene rings is 1. The molecule has 0 aromatic heterocycles. The number of nitrogens with one attached hydrogen (secondary N) is 1. The topological polar surface area (TPSA) is 38.3 Å². The molecule has 0 saturated heterocycles. The summed E-state index contributed by atoms with van der Waals surface area (Å²) >= 11 is 0. The zero-order valence-corrected chi connectivity index (χ0v) is 13.6. The van der Waals surface area contributed by atoms with E-state index in [4.69, 9.17) is 4.74 Å². The lowest BCUT2D eigenvalue weighted by Gasteiger charge is -2.18. The van der Waals surface area contributed by atoms with E-state index in [2.05, 4.69) is 26.1 Å². The molecule has 0 amide bonds. The van der Waals surface area contributed by atoms with Crippen LogP contribution in [0.1, 0.15) is 51.6 Å².